The van der Waals surface area contributed by atoms with E-state index < -0.39 is 50.8 Å². The first kappa shape index (κ1) is 22.9. The Balaban J connectivity index is 1.91. The number of nitrogen functional groups attached to an aromatic ring is 1. The summed E-state index contributed by atoms with van der Waals surface area (Å²) in [5, 5.41) is 10.6. The zero-order valence-corrected chi connectivity index (χ0v) is 17.1. The fraction of sp³-hybridized carbons (Fsp3) is 0.353. The first-order valence-electron chi connectivity index (χ1n) is 8.92. The molecule has 14 heteroatoms. The number of hydrogen-bond acceptors (Lipinski definition) is 9. The van der Waals surface area contributed by atoms with Gasteiger partial charge in [0.2, 0.25) is 0 Å². The van der Waals surface area contributed by atoms with Gasteiger partial charge < -0.3 is 35.8 Å². The Kier molecular flexibility index (Phi) is 6.46. The van der Waals surface area contributed by atoms with Gasteiger partial charge in [0.15, 0.2) is 18.0 Å². The van der Waals surface area contributed by atoms with Crippen molar-refractivity contribution < 1.29 is 43.0 Å². The summed E-state index contributed by atoms with van der Waals surface area (Å²) in [4.78, 5) is 45.8. The van der Waals surface area contributed by atoms with Crippen LogP contribution in [0.1, 0.15) is 32.6 Å². The molecule has 1 amide bonds. The number of imidazole rings is 1. The molecule has 0 radical (unpaired) electrons. The average molecular weight is 456 g/mol. The summed E-state index contributed by atoms with van der Waals surface area (Å²) in [7, 11) is -4.86. The van der Waals surface area contributed by atoms with Gasteiger partial charge in [0, 0.05) is 0 Å². The molecule has 1 aliphatic heterocycles. The molecule has 2 heterocycles. The molecule has 4 atom stereocenters. The number of amides is 1. The lowest BCUT2D eigenvalue weighted by molar-refractivity contribution is -0.0565. The molecule has 1 saturated heterocycles. The predicted molar refractivity (Wildman–Crippen MR) is 103 cm³/mol. The quantitative estimate of drug-likeness (QED) is 0.264. The summed E-state index contributed by atoms with van der Waals surface area (Å²) in [6.07, 6.45) is -4.41. The number of hydrogen-bond donors (Lipinski definition) is 5. The fourth-order valence-electron chi connectivity index (χ4n) is 3.13. The third-order valence-electron chi connectivity index (χ3n) is 4.67. The van der Waals surface area contributed by atoms with Gasteiger partial charge in [-0.15, -0.1) is 0 Å². The molecule has 1 aromatic heterocycles. The van der Waals surface area contributed by atoms with Crippen LogP contribution in [0.2, 0.25) is 0 Å². The number of phosphoric acid groups is 1. The summed E-state index contributed by atoms with van der Waals surface area (Å²) in [5.41, 5.74) is 11.7. The number of benzene rings is 1. The highest BCUT2D eigenvalue weighted by Gasteiger charge is 2.49. The molecule has 13 nitrogen and oxygen atoms in total. The van der Waals surface area contributed by atoms with Crippen molar-refractivity contribution in [1.82, 2.24) is 9.55 Å². The minimum absolute atomic E-state index is 0.210. The van der Waals surface area contributed by atoms with Gasteiger partial charge in [0.05, 0.1) is 18.5 Å². The maximum Gasteiger partial charge on any atom is 0.469 e. The number of ether oxygens (including phenoxy) is 2. The van der Waals surface area contributed by atoms with Crippen molar-refractivity contribution in [1.29, 1.82) is 0 Å². The molecule has 0 aliphatic carbocycles. The second-order valence-electron chi connectivity index (χ2n) is 6.78. The Morgan fingerprint density at radius 1 is 1.32 bits per heavy atom. The molecule has 1 aromatic carbocycles. The van der Waals surface area contributed by atoms with Crippen LogP contribution in [0.15, 0.2) is 30.6 Å². The van der Waals surface area contributed by atoms with Gasteiger partial charge in [0.25, 0.3) is 5.91 Å². The minimum atomic E-state index is -4.86. The molecular formula is C17H21N4O9P. The van der Waals surface area contributed by atoms with Crippen molar-refractivity contribution in [2.24, 2.45) is 5.73 Å². The first-order chi connectivity index (χ1) is 14.5. The third-order valence-corrected chi connectivity index (χ3v) is 5.15. The van der Waals surface area contributed by atoms with Crippen molar-refractivity contribution in [3.8, 4) is 0 Å². The summed E-state index contributed by atoms with van der Waals surface area (Å²) in [5.74, 6) is -1.90. The van der Waals surface area contributed by atoms with E-state index in [9.17, 15) is 19.3 Å². The largest absolute Gasteiger partial charge is 0.469 e. The molecule has 2 aromatic rings. The van der Waals surface area contributed by atoms with E-state index in [4.69, 9.17) is 30.7 Å². The number of carbonyl (C=O) groups is 2. The van der Waals surface area contributed by atoms with Crippen LogP contribution in [-0.4, -0.2) is 61.2 Å². The topological polar surface area (TPSA) is 209 Å². The van der Waals surface area contributed by atoms with Crippen molar-refractivity contribution >= 4 is 25.5 Å². The van der Waals surface area contributed by atoms with Crippen molar-refractivity contribution in [3.05, 3.63) is 47.4 Å². The Morgan fingerprint density at radius 3 is 2.58 bits per heavy atom. The fourth-order valence-corrected chi connectivity index (χ4v) is 3.47. The Labute approximate surface area is 175 Å². The zero-order valence-electron chi connectivity index (χ0n) is 16.2. The Morgan fingerprint density at radius 2 is 2.00 bits per heavy atom. The van der Waals surface area contributed by atoms with Crippen molar-refractivity contribution in [2.75, 3.05) is 12.3 Å². The van der Waals surface area contributed by atoms with Gasteiger partial charge >= 0.3 is 13.8 Å². The predicted octanol–water partition coefficient (Wildman–Crippen LogP) is -0.534. The number of anilines is 1. The molecule has 3 rings (SSSR count). The van der Waals surface area contributed by atoms with E-state index in [0.29, 0.717) is 5.56 Å². The van der Waals surface area contributed by atoms with E-state index >= 15 is 0 Å². The van der Waals surface area contributed by atoms with Crippen LogP contribution in [0.3, 0.4) is 0 Å². The van der Waals surface area contributed by atoms with Crippen LogP contribution in [0.4, 0.5) is 5.82 Å². The van der Waals surface area contributed by atoms with E-state index in [-0.39, 0.29) is 17.1 Å². The standard InChI is InChI=1S/C17H21N4O9P/c1-8-4-2-3-5-9(8)17(24)30-13-12(22)10(6-28-31(25,26)27)29-16(13)21-7-20-11(14(21)18)15(19)23/h2-5,7,10,12-13,16,22H,6,18H2,1H3,(H2,19,23)(H2,25,26,27)/t10-,12-,13-,16-/m1/s1. The summed E-state index contributed by atoms with van der Waals surface area (Å²) in [6.45, 7) is 0.983. The van der Waals surface area contributed by atoms with Crippen LogP contribution in [0.5, 0.6) is 0 Å². The van der Waals surface area contributed by atoms with Gasteiger partial charge in [0.1, 0.15) is 18.0 Å². The molecule has 1 aliphatic rings. The lowest BCUT2D eigenvalue weighted by atomic mass is 10.1. The van der Waals surface area contributed by atoms with Crippen LogP contribution in [0.25, 0.3) is 0 Å². The Bertz CT molecular complexity index is 1040. The van der Waals surface area contributed by atoms with Crippen LogP contribution in [0, 0.1) is 6.92 Å². The summed E-state index contributed by atoms with van der Waals surface area (Å²) in [6, 6.07) is 6.58. The highest BCUT2D eigenvalue weighted by Crippen LogP contribution is 2.40. The van der Waals surface area contributed by atoms with Gasteiger partial charge in [-0.25, -0.2) is 14.3 Å². The number of carbonyl (C=O) groups excluding carboxylic acids is 2. The number of nitrogens with two attached hydrogens (primary N) is 2. The first-order valence-corrected chi connectivity index (χ1v) is 10.4. The molecule has 0 saturated carbocycles. The van der Waals surface area contributed by atoms with Crippen LogP contribution >= 0.6 is 7.82 Å². The van der Waals surface area contributed by atoms with Crippen molar-refractivity contribution in [2.45, 2.75) is 31.5 Å². The molecular weight excluding hydrogens is 435 g/mol. The number of esters is 1. The van der Waals surface area contributed by atoms with Crippen molar-refractivity contribution in [3.63, 3.8) is 0 Å². The summed E-state index contributed by atoms with van der Waals surface area (Å²) >= 11 is 0. The van der Waals surface area contributed by atoms with E-state index in [1.165, 1.54) is 6.07 Å². The number of rotatable bonds is 7. The van der Waals surface area contributed by atoms with Crippen LogP contribution in [-0.2, 0) is 18.6 Å². The highest BCUT2D eigenvalue weighted by atomic mass is 31.2. The molecule has 0 unspecified atom stereocenters. The second kappa shape index (κ2) is 8.75. The molecule has 0 spiro atoms. The number of aliphatic hydroxyl groups is 1. The number of phosphoric ester groups is 1. The molecule has 1 fully saturated rings. The second-order valence-corrected chi connectivity index (χ2v) is 8.02. The minimum Gasteiger partial charge on any atom is -0.451 e. The maximum atomic E-state index is 12.7. The average Bonchev–Trinajstić information content (AvgIpc) is 3.20. The zero-order chi connectivity index (χ0) is 22.9. The lowest BCUT2D eigenvalue weighted by Crippen LogP contribution is -2.37. The smallest absolute Gasteiger partial charge is 0.451 e. The van der Waals surface area contributed by atoms with E-state index in [0.717, 1.165) is 10.9 Å². The number of aryl methyl sites for hydroxylation is 1. The lowest BCUT2D eigenvalue weighted by Gasteiger charge is -2.22. The monoisotopic (exact) mass is 456 g/mol. The molecule has 31 heavy (non-hydrogen) atoms. The Hall–Kier alpha value is -2.80. The molecule has 168 valence electrons. The van der Waals surface area contributed by atoms with E-state index in [1.807, 2.05) is 0 Å². The number of aromatic nitrogens is 2. The van der Waals surface area contributed by atoms with E-state index in [1.54, 1.807) is 25.1 Å². The van der Waals surface area contributed by atoms with Gasteiger partial charge in [-0.2, -0.15) is 0 Å². The maximum absolute atomic E-state index is 12.7. The van der Waals surface area contributed by atoms with Gasteiger partial charge in [-0.3, -0.25) is 13.9 Å². The number of aliphatic hydroxyl groups excluding tert-OH is 1. The molecule has 7 N–H and O–H groups in total. The summed E-state index contributed by atoms with van der Waals surface area (Å²) < 4.78 is 27.6. The van der Waals surface area contributed by atoms with Gasteiger partial charge in [-0.1, -0.05) is 18.2 Å². The molecule has 0 bridgehead atoms. The number of nitrogens with zero attached hydrogens (tertiary/aromatic N) is 2. The third kappa shape index (κ3) is 4.93. The van der Waals surface area contributed by atoms with Crippen LogP contribution < -0.4 is 11.5 Å². The van der Waals surface area contributed by atoms with Gasteiger partial charge in [-0.05, 0) is 18.6 Å². The normalized spacial score (nSPS) is 23.6. The number of primary amides is 1. The SMILES string of the molecule is Cc1ccccc1C(=O)O[C@@H]1[C@H](O)[C@@H](COP(=O)(O)O)O[C@H]1n1cnc(C(N)=O)c1N. The van der Waals surface area contributed by atoms with E-state index in [2.05, 4.69) is 9.51 Å². The highest BCUT2D eigenvalue weighted by molar-refractivity contribution is 7.46.